The lowest BCUT2D eigenvalue weighted by Crippen LogP contribution is -2.07. The van der Waals surface area contributed by atoms with Gasteiger partial charge in [0.25, 0.3) is 0 Å². The van der Waals surface area contributed by atoms with Gasteiger partial charge in [-0.3, -0.25) is 9.97 Å². The van der Waals surface area contributed by atoms with Crippen molar-refractivity contribution in [2.75, 3.05) is 37.9 Å². The normalized spacial score (nSPS) is 11.0. The molecular formula is C25H30N6O2. The average Bonchev–Trinajstić information content (AvgIpc) is 2.82. The van der Waals surface area contributed by atoms with E-state index in [2.05, 4.69) is 30.6 Å². The van der Waals surface area contributed by atoms with Crippen molar-refractivity contribution >= 4 is 33.4 Å². The second-order valence-electron chi connectivity index (χ2n) is 7.98. The predicted octanol–water partition coefficient (Wildman–Crippen LogP) is 4.90. The second kappa shape index (κ2) is 10.3. The third-order valence-corrected chi connectivity index (χ3v) is 5.41. The average molecular weight is 447 g/mol. The van der Waals surface area contributed by atoms with Crippen LogP contribution in [0.5, 0.6) is 11.8 Å². The highest BCUT2D eigenvalue weighted by molar-refractivity contribution is 5.89. The molecule has 0 saturated heterocycles. The number of aryl methyl sites for hydroxylation is 2. The molecule has 4 heterocycles. The topological polar surface area (TPSA) is 94.1 Å². The summed E-state index contributed by atoms with van der Waals surface area (Å²) >= 11 is 0. The third kappa shape index (κ3) is 5.39. The molecule has 33 heavy (non-hydrogen) atoms. The SMILES string of the molecule is COc1ccc2nc(C)cc(NCCCCCNc3cc(C)nc4ccc(OC)nc34)c2n1. The predicted molar refractivity (Wildman–Crippen MR) is 132 cm³/mol. The van der Waals surface area contributed by atoms with Crippen LogP contribution in [0.4, 0.5) is 11.4 Å². The van der Waals surface area contributed by atoms with Gasteiger partial charge in [-0.15, -0.1) is 0 Å². The van der Waals surface area contributed by atoms with Gasteiger partial charge in [0, 0.05) is 36.6 Å². The van der Waals surface area contributed by atoms with Crippen LogP contribution in [0.1, 0.15) is 30.7 Å². The highest BCUT2D eigenvalue weighted by atomic mass is 16.5. The van der Waals surface area contributed by atoms with E-state index in [-0.39, 0.29) is 0 Å². The molecule has 0 fully saturated rings. The quantitative estimate of drug-likeness (QED) is 0.332. The maximum atomic E-state index is 5.27. The van der Waals surface area contributed by atoms with Crippen molar-refractivity contribution in [1.29, 1.82) is 0 Å². The molecule has 0 aliphatic heterocycles. The lowest BCUT2D eigenvalue weighted by molar-refractivity contribution is 0.399. The summed E-state index contributed by atoms with van der Waals surface area (Å²) in [5, 5.41) is 7.04. The summed E-state index contributed by atoms with van der Waals surface area (Å²) < 4.78 is 10.5. The van der Waals surface area contributed by atoms with E-state index in [1.807, 2.05) is 50.2 Å². The molecule has 4 aromatic heterocycles. The standard InChI is InChI=1S/C25H30N6O2/c1-16-14-20(24-18(28-16)8-10-22(30-24)32-3)26-12-6-5-7-13-27-21-15-17(2)29-19-9-11-23(33-4)31-25(19)21/h8-11,14-15H,5-7,12-13H2,1-4H3,(H,26,28)(H,27,29). The van der Waals surface area contributed by atoms with Crippen molar-refractivity contribution in [1.82, 2.24) is 19.9 Å². The van der Waals surface area contributed by atoms with E-state index in [1.54, 1.807) is 14.2 Å². The largest absolute Gasteiger partial charge is 0.481 e. The number of ether oxygens (including phenoxy) is 2. The zero-order chi connectivity index (χ0) is 23.2. The van der Waals surface area contributed by atoms with Crippen LogP contribution in [0.25, 0.3) is 22.1 Å². The van der Waals surface area contributed by atoms with E-state index < -0.39 is 0 Å². The number of anilines is 2. The Balaban J connectivity index is 1.30. The smallest absolute Gasteiger partial charge is 0.213 e. The van der Waals surface area contributed by atoms with Gasteiger partial charge in [-0.25, -0.2) is 9.97 Å². The van der Waals surface area contributed by atoms with Crippen molar-refractivity contribution in [2.45, 2.75) is 33.1 Å². The Labute approximate surface area is 193 Å². The first-order valence-electron chi connectivity index (χ1n) is 11.2. The van der Waals surface area contributed by atoms with Crippen LogP contribution in [0, 0.1) is 13.8 Å². The molecule has 0 saturated carbocycles. The zero-order valence-corrected chi connectivity index (χ0v) is 19.6. The van der Waals surface area contributed by atoms with Gasteiger partial charge < -0.3 is 20.1 Å². The fraction of sp³-hybridized carbons (Fsp3) is 0.360. The first kappa shape index (κ1) is 22.5. The number of aromatic nitrogens is 4. The third-order valence-electron chi connectivity index (χ3n) is 5.41. The van der Waals surface area contributed by atoms with Crippen LogP contribution in [0.3, 0.4) is 0 Å². The van der Waals surface area contributed by atoms with E-state index in [0.29, 0.717) is 11.8 Å². The molecule has 0 spiro atoms. The lowest BCUT2D eigenvalue weighted by Gasteiger charge is -2.12. The number of pyridine rings is 4. The Hall–Kier alpha value is -3.68. The number of methoxy groups -OCH3 is 2. The number of fused-ring (bicyclic) bond motifs is 2. The molecule has 8 heteroatoms. The van der Waals surface area contributed by atoms with Gasteiger partial charge >= 0.3 is 0 Å². The van der Waals surface area contributed by atoms with Crippen LogP contribution in [-0.4, -0.2) is 47.2 Å². The van der Waals surface area contributed by atoms with Crippen LogP contribution in [-0.2, 0) is 0 Å². The van der Waals surface area contributed by atoms with Gasteiger partial charge in [-0.05, 0) is 57.4 Å². The maximum absolute atomic E-state index is 5.27. The van der Waals surface area contributed by atoms with Crippen LogP contribution >= 0.6 is 0 Å². The number of rotatable bonds is 10. The molecule has 2 N–H and O–H groups in total. The van der Waals surface area contributed by atoms with E-state index in [9.17, 15) is 0 Å². The molecule has 0 atom stereocenters. The minimum atomic E-state index is 0.591. The number of hydrogen-bond donors (Lipinski definition) is 2. The van der Waals surface area contributed by atoms with Gasteiger partial charge in [0.2, 0.25) is 11.8 Å². The minimum Gasteiger partial charge on any atom is -0.481 e. The van der Waals surface area contributed by atoms with E-state index in [0.717, 1.165) is 77.2 Å². The Morgan fingerprint density at radius 2 is 1.09 bits per heavy atom. The number of nitrogens with one attached hydrogen (secondary N) is 2. The van der Waals surface area contributed by atoms with Crippen LogP contribution in [0.2, 0.25) is 0 Å². The molecule has 0 bridgehead atoms. The fourth-order valence-electron chi connectivity index (χ4n) is 3.81. The van der Waals surface area contributed by atoms with Gasteiger partial charge in [0.15, 0.2) is 0 Å². The summed E-state index contributed by atoms with van der Waals surface area (Å²) in [6.07, 6.45) is 3.20. The Kier molecular flexibility index (Phi) is 7.02. The number of hydrogen-bond acceptors (Lipinski definition) is 8. The highest BCUT2D eigenvalue weighted by Gasteiger charge is 2.08. The van der Waals surface area contributed by atoms with Crippen molar-refractivity contribution in [3.05, 3.63) is 47.8 Å². The van der Waals surface area contributed by atoms with Crippen molar-refractivity contribution in [3.63, 3.8) is 0 Å². The summed E-state index contributed by atoms with van der Waals surface area (Å²) in [5.41, 5.74) is 7.33. The maximum Gasteiger partial charge on any atom is 0.213 e. The Morgan fingerprint density at radius 3 is 1.52 bits per heavy atom. The molecule has 0 aliphatic carbocycles. The minimum absolute atomic E-state index is 0.591. The summed E-state index contributed by atoms with van der Waals surface area (Å²) in [5.74, 6) is 1.18. The van der Waals surface area contributed by atoms with E-state index in [4.69, 9.17) is 9.47 Å². The van der Waals surface area contributed by atoms with E-state index >= 15 is 0 Å². The van der Waals surface area contributed by atoms with Gasteiger partial charge in [0.05, 0.1) is 36.6 Å². The van der Waals surface area contributed by atoms with Crippen molar-refractivity contribution in [3.8, 4) is 11.8 Å². The second-order valence-corrected chi connectivity index (χ2v) is 7.98. The molecular weight excluding hydrogens is 416 g/mol. The fourth-order valence-corrected chi connectivity index (χ4v) is 3.81. The summed E-state index contributed by atoms with van der Waals surface area (Å²) in [4.78, 5) is 18.3. The van der Waals surface area contributed by atoms with Crippen molar-refractivity contribution < 1.29 is 9.47 Å². The molecule has 0 radical (unpaired) electrons. The van der Waals surface area contributed by atoms with Crippen molar-refractivity contribution in [2.24, 2.45) is 0 Å². The number of unbranched alkanes of at least 4 members (excludes halogenated alkanes) is 2. The Bertz CT molecular complexity index is 1160. The first-order chi connectivity index (χ1) is 16.1. The van der Waals surface area contributed by atoms with E-state index in [1.165, 1.54) is 0 Å². The molecule has 0 aromatic carbocycles. The number of nitrogens with zero attached hydrogens (tertiary/aromatic N) is 4. The molecule has 4 aromatic rings. The summed E-state index contributed by atoms with van der Waals surface area (Å²) in [6, 6.07) is 11.6. The zero-order valence-electron chi connectivity index (χ0n) is 19.6. The lowest BCUT2D eigenvalue weighted by atomic mass is 10.2. The van der Waals surface area contributed by atoms with Gasteiger partial charge in [-0.1, -0.05) is 0 Å². The monoisotopic (exact) mass is 446 g/mol. The first-order valence-corrected chi connectivity index (χ1v) is 11.2. The molecule has 172 valence electrons. The van der Waals surface area contributed by atoms with Gasteiger partial charge in [0.1, 0.15) is 11.0 Å². The molecule has 0 amide bonds. The Morgan fingerprint density at radius 1 is 0.636 bits per heavy atom. The summed E-state index contributed by atoms with van der Waals surface area (Å²) in [6.45, 7) is 5.73. The molecule has 8 nitrogen and oxygen atoms in total. The molecule has 4 rings (SSSR count). The van der Waals surface area contributed by atoms with Crippen LogP contribution in [0.15, 0.2) is 36.4 Å². The van der Waals surface area contributed by atoms with Crippen LogP contribution < -0.4 is 20.1 Å². The summed E-state index contributed by atoms with van der Waals surface area (Å²) in [7, 11) is 3.25. The molecule has 0 unspecified atom stereocenters. The molecule has 0 aliphatic rings. The van der Waals surface area contributed by atoms with Gasteiger partial charge in [-0.2, -0.15) is 0 Å². The highest BCUT2D eigenvalue weighted by Crippen LogP contribution is 2.25.